The number of aliphatic hydroxyl groups is 12. The summed E-state index contributed by atoms with van der Waals surface area (Å²) in [6.07, 6.45) is -19.3. The summed E-state index contributed by atoms with van der Waals surface area (Å²) < 4.78 is 54.7. The van der Waals surface area contributed by atoms with Crippen LogP contribution in [0.25, 0.3) is 0 Å². The lowest BCUT2D eigenvalue weighted by atomic mass is 9.47. The Morgan fingerprint density at radius 2 is 1.21 bits per heavy atom. The number of fused-ring (bicyclic) bond motifs is 7. The molecule has 0 bridgehead atoms. The molecule has 21 heteroatoms. The lowest BCUT2D eigenvalue weighted by molar-refractivity contribution is -0.388. The van der Waals surface area contributed by atoms with Gasteiger partial charge in [-0.3, -0.25) is 0 Å². The van der Waals surface area contributed by atoms with E-state index >= 15 is 0 Å². The monoisotopic (exact) mass is 1030 g/mol. The van der Waals surface area contributed by atoms with Crippen LogP contribution in [0.15, 0.2) is 16.1 Å². The molecule has 12 N–H and O–H groups in total. The maximum atomic E-state index is 12.0. The highest BCUT2D eigenvalue weighted by Crippen LogP contribution is 2.65. The van der Waals surface area contributed by atoms with Gasteiger partial charge in [0, 0.05) is 18.4 Å². The minimum atomic E-state index is -1.74. The molecule has 8 aliphatic rings. The highest BCUT2D eigenvalue weighted by molar-refractivity contribution is 5.45. The van der Waals surface area contributed by atoms with Crippen LogP contribution < -0.4 is 0 Å². The molecule has 6 fully saturated rings. The van der Waals surface area contributed by atoms with Crippen LogP contribution in [0.1, 0.15) is 102 Å². The normalized spacial score (nSPS) is 49.8. The van der Waals surface area contributed by atoms with Gasteiger partial charge in [-0.05, 0) is 106 Å². The number of allylic oxidation sites excluding steroid dienone is 1. The minimum Gasteiger partial charge on any atom is -0.465 e. The Morgan fingerprint density at radius 3 is 1.85 bits per heavy atom. The van der Waals surface area contributed by atoms with Crippen LogP contribution in [0.3, 0.4) is 0 Å². The van der Waals surface area contributed by atoms with E-state index < -0.39 is 142 Å². The first kappa shape index (κ1) is 55.0. The molecule has 0 spiro atoms. The molecule has 0 aromatic carbocycles. The van der Waals surface area contributed by atoms with Crippen LogP contribution in [0.4, 0.5) is 0 Å². The fourth-order valence-electron chi connectivity index (χ4n) is 13.8. The van der Waals surface area contributed by atoms with E-state index in [-0.39, 0.29) is 23.4 Å². The molecule has 4 aliphatic heterocycles. The van der Waals surface area contributed by atoms with Crippen molar-refractivity contribution in [2.45, 2.75) is 234 Å². The zero-order valence-corrected chi connectivity index (χ0v) is 42.0. The van der Waals surface area contributed by atoms with Crippen molar-refractivity contribution in [1.29, 1.82) is 0 Å². The first-order valence-electron chi connectivity index (χ1n) is 26.1. The highest BCUT2D eigenvalue weighted by Gasteiger charge is 2.60. The van der Waals surface area contributed by atoms with Gasteiger partial charge < -0.3 is 104 Å². The topological polar surface area (TPSA) is 330 Å². The number of ether oxygens (including phenoxy) is 8. The van der Waals surface area contributed by atoms with Crippen molar-refractivity contribution in [2.24, 2.45) is 29.1 Å². The van der Waals surface area contributed by atoms with Crippen LogP contribution in [0.5, 0.6) is 0 Å². The second-order valence-electron chi connectivity index (χ2n) is 22.8. The van der Waals surface area contributed by atoms with E-state index in [0.717, 1.165) is 50.0 Å². The fourth-order valence-corrected chi connectivity index (χ4v) is 13.8. The number of hydrogen-bond acceptors (Lipinski definition) is 21. The van der Waals surface area contributed by atoms with Crippen LogP contribution in [0.2, 0.25) is 0 Å². The van der Waals surface area contributed by atoms with E-state index in [9.17, 15) is 61.3 Å². The fraction of sp³-hybridized carbons (Fsp3) is 0.882. The summed E-state index contributed by atoms with van der Waals surface area (Å²) in [5.74, 6) is 3.32. The summed E-state index contributed by atoms with van der Waals surface area (Å²) in [6.45, 7) is 11.0. The summed E-state index contributed by atoms with van der Waals surface area (Å²) in [5, 5.41) is 126. The molecule has 1 aromatic rings. The van der Waals surface area contributed by atoms with Crippen LogP contribution in [0, 0.1) is 36.0 Å². The molecule has 5 heterocycles. The quantitative estimate of drug-likeness (QED) is 0.0978. The average molecular weight is 1030 g/mol. The smallest absolute Gasteiger partial charge is 0.187 e. The predicted octanol–water partition coefficient (Wildman–Crippen LogP) is -1.16. The Hall–Kier alpha value is -1.78. The first-order chi connectivity index (χ1) is 34.1. The van der Waals surface area contributed by atoms with Gasteiger partial charge in [0.15, 0.2) is 25.2 Å². The zero-order chi connectivity index (χ0) is 51.9. The third-order valence-corrected chi connectivity index (χ3v) is 18.3. The van der Waals surface area contributed by atoms with Crippen molar-refractivity contribution in [3.63, 3.8) is 0 Å². The highest BCUT2D eigenvalue weighted by atomic mass is 16.8. The lowest BCUT2D eigenvalue weighted by Gasteiger charge is -2.57. The number of furan rings is 1. The largest absolute Gasteiger partial charge is 0.465 e. The third kappa shape index (κ3) is 9.81. The Kier molecular flexibility index (Phi) is 16.5. The van der Waals surface area contributed by atoms with Gasteiger partial charge in [-0.2, -0.15) is 0 Å². The summed E-state index contributed by atoms with van der Waals surface area (Å²) >= 11 is 0. The first-order valence-corrected chi connectivity index (χ1v) is 26.1. The van der Waals surface area contributed by atoms with Gasteiger partial charge in [-0.1, -0.05) is 32.4 Å². The van der Waals surface area contributed by atoms with E-state index in [0.29, 0.717) is 37.0 Å². The Labute approximate surface area is 419 Å². The molecule has 2 saturated carbocycles. The zero-order valence-electron chi connectivity index (χ0n) is 42.0. The van der Waals surface area contributed by atoms with E-state index in [1.165, 1.54) is 30.5 Å². The predicted molar refractivity (Wildman–Crippen MR) is 247 cm³/mol. The maximum absolute atomic E-state index is 12.0. The summed E-state index contributed by atoms with van der Waals surface area (Å²) in [5.41, 5.74) is 3.66. The SMILES string of the molecule is Cc1c(CC[C@@H](C)CO[C@@H]2O[C@H](CO)[C@@H](O)[C@H](O)[C@H]2O)oc2c1[C@@]1(C)CC[C@H]3[C@@H](CC=C4C[C@@H](O[C@@H]5O[C@H](CO)[C@@H](O[C@@H]6O[C@@H](C)[C@H](O)[C@@H](O)[C@H]6O)[C@H](O)[C@H]5O[C@@H]5O[C@@H](C)[C@H](O)[C@@H](O)[C@H]5O)CC[C@@]43C)[C@@H]1C2. The average Bonchev–Trinajstić information content (AvgIpc) is 3.85. The van der Waals surface area contributed by atoms with Crippen molar-refractivity contribution < 1.29 is 104 Å². The van der Waals surface area contributed by atoms with Crippen molar-refractivity contribution in [2.75, 3.05) is 19.8 Å². The Balaban J connectivity index is 0.856. The molecule has 4 aliphatic carbocycles. The van der Waals surface area contributed by atoms with E-state index in [1.807, 2.05) is 6.92 Å². The van der Waals surface area contributed by atoms with Crippen molar-refractivity contribution >= 4 is 0 Å². The molecule has 0 unspecified atom stereocenters. The Morgan fingerprint density at radius 1 is 0.625 bits per heavy atom. The van der Waals surface area contributed by atoms with Gasteiger partial charge in [0.05, 0.1) is 38.1 Å². The van der Waals surface area contributed by atoms with Crippen molar-refractivity contribution in [3.8, 4) is 0 Å². The number of rotatable bonds is 14. The molecule has 4 saturated heterocycles. The number of aryl methyl sites for hydroxylation is 1. The maximum Gasteiger partial charge on any atom is 0.187 e. The molecule has 1 aromatic heterocycles. The van der Waals surface area contributed by atoms with Crippen molar-refractivity contribution in [1.82, 2.24) is 0 Å². The molecular weight excluding hydrogens is 949 g/mol. The minimum absolute atomic E-state index is 0.0519. The molecular formula is C51H80O21. The summed E-state index contributed by atoms with van der Waals surface area (Å²) in [7, 11) is 0. The van der Waals surface area contributed by atoms with E-state index in [1.54, 1.807) is 0 Å². The van der Waals surface area contributed by atoms with E-state index in [2.05, 4.69) is 26.8 Å². The molecule has 72 heavy (non-hydrogen) atoms. The van der Waals surface area contributed by atoms with Crippen molar-refractivity contribution in [3.05, 3.63) is 34.3 Å². The van der Waals surface area contributed by atoms with Crippen LogP contribution in [-0.2, 0) is 56.2 Å². The van der Waals surface area contributed by atoms with Crippen LogP contribution >= 0.6 is 0 Å². The molecule has 21 nitrogen and oxygen atoms in total. The van der Waals surface area contributed by atoms with Crippen LogP contribution in [-0.4, -0.2) is 210 Å². The lowest BCUT2D eigenvalue weighted by Crippen LogP contribution is -2.66. The number of aliphatic hydroxyl groups excluding tert-OH is 12. The second-order valence-corrected chi connectivity index (χ2v) is 22.8. The summed E-state index contributed by atoms with van der Waals surface area (Å²) in [4.78, 5) is 0. The van der Waals surface area contributed by atoms with Gasteiger partial charge in [-0.15, -0.1) is 0 Å². The Bertz CT molecular complexity index is 2040. The van der Waals surface area contributed by atoms with Gasteiger partial charge in [0.25, 0.3) is 0 Å². The van der Waals surface area contributed by atoms with E-state index in [4.69, 9.17) is 42.3 Å². The van der Waals surface area contributed by atoms with Gasteiger partial charge in [0.1, 0.15) is 97.0 Å². The summed E-state index contributed by atoms with van der Waals surface area (Å²) in [6, 6.07) is 0. The second kappa shape index (κ2) is 21.6. The molecule has 9 rings (SSSR count). The number of hydrogen-bond donors (Lipinski definition) is 12. The molecule has 27 atom stereocenters. The molecule has 0 amide bonds. The van der Waals surface area contributed by atoms with Gasteiger partial charge >= 0.3 is 0 Å². The van der Waals surface area contributed by atoms with Gasteiger partial charge in [-0.25, -0.2) is 0 Å². The molecule has 410 valence electrons. The standard InChI is InChI=1S/C51H80O21/c1-20(19-64-46-40(60)39(59)36(56)31(17-52)69-46)7-10-29-21(2)33-30(68-29)16-28-26-9-8-24-15-25(11-13-50(24,5)27(26)12-14-51(28,33)6)67-49-45(72-48-42(62)38(58)35(55)23(4)66-48)43(63)44(32(18-53)70-49)71-47-41(61)37(57)34(54)22(3)65-47/h8,20,22-23,25-28,31-32,34-49,52-63H,7,9-19H2,1-6H3/t20-,22+,23+,25+,26-,27+,28+,31-,32-,34+,35+,36-,37-,38-,39+,40-,41-,42-,43+,44-,45-,46-,47+,48+,49-,50+,51+/m1/s1. The van der Waals surface area contributed by atoms with Gasteiger partial charge in [0.2, 0.25) is 0 Å². The third-order valence-electron chi connectivity index (χ3n) is 18.3. The molecule has 0 radical (unpaired) electrons.